The first-order valence-corrected chi connectivity index (χ1v) is 10.2. The molecule has 142 valence electrons. The number of unbranched alkanes of at least 4 members (excludes halogenated alkanes) is 1. The smallest absolute Gasteiger partial charge is 0.191 e. The van der Waals surface area contributed by atoms with E-state index in [2.05, 4.69) is 40.9 Å². The minimum atomic E-state index is 0. The molecule has 0 amide bonds. The molecule has 2 atom stereocenters. The fraction of sp³-hybridized carbons (Fsp3) is 0.632. The van der Waals surface area contributed by atoms with Crippen molar-refractivity contribution in [3.05, 3.63) is 29.8 Å². The van der Waals surface area contributed by atoms with Gasteiger partial charge < -0.3 is 15.4 Å². The van der Waals surface area contributed by atoms with E-state index in [9.17, 15) is 0 Å². The number of nitrogens with one attached hydrogen (secondary N) is 2. The largest absolute Gasteiger partial charge is 0.494 e. The standard InChI is InChI=1S/C19H31N3OS.HI/c1-15-6-9-17(10-7-15)23-13-5-4-12-21-19(20-2)22-16-8-11-18(14-16)24-3;/h6-7,9-10,16,18H,4-5,8,11-14H2,1-3H3,(H2,20,21,22);1H. The average Bonchev–Trinajstić information content (AvgIpc) is 3.06. The predicted molar refractivity (Wildman–Crippen MR) is 121 cm³/mol. The Balaban J connectivity index is 0.00000312. The first kappa shape index (κ1) is 22.4. The van der Waals surface area contributed by atoms with Crippen LogP contribution >= 0.6 is 35.7 Å². The fourth-order valence-electron chi connectivity index (χ4n) is 2.93. The van der Waals surface area contributed by atoms with Gasteiger partial charge in [0.25, 0.3) is 0 Å². The summed E-state index contributed by atoms with van der Waals surface area (Å²) in [5.74, 6) is 1.89. The monoisotopic (exact) mass is 477 g/mol. The Morgan fingerprint density at radius 3 is 2.64 bits per heavy atom. The Labute approximate surface area is 174 Å². The quantitative estimate of drug-likeness (QED) is 0.255. The van der Waals surface area contributed by atoms with Gasteiger partial charge in [0.05, 0.1) is 6.61 Å². The van der Waals surface area contributed by atoms with Crippen molar-refractivity contribution in [2.75, 3.05) is 26.5 Å². The molecule has 0 radical (unpaired) electrons. The number of nitrogens with zero attached hydrogens (tertiary/aromatic N) is 1. The van der Waals surface area contributed by atoms with Gasteiger partial charge in [-0.3, -0.25) is 4.99 Å². The van der Waals surface area contributed by atoms with Crippen molar-refractivity contribution in [2.45, 2.75) is 50.3 Å². The minimum absolute atomic E-state index is 0. The molecule has 2 unspecified atom stereocenters. The molecule has 0 spiro atoms. The molecule has 2 N–H and O–H groups in total. The summed E-state index contributed by atoms with van der Waals surface area (Å²) in [6.07, 6.45) is 8.12. The van der Waals surface area contributed by atoms with Crippen LogP contribution in [0.1, 0.15) is 37.7 Å². The van der Waals surface area contributed by atoms with Gasteiger partial charge in [-0.25, -0.2) is 0 Å². The molecule has 1 saturated carbocycles. The van der Waals surface area contributed by atoms with Crippen LogP contribution in [0.2, 0.25) is 0 Å². The second-order valence-electron chi connectivity index (χ2n) is 6.38. The number of aliphatic imine (C=N–C) groups is 1. The van der Waals surface area contributed by atoms with Crippen LogP contribution in [-0.4, -0.2) is 43.7 Å². The van der Waals surface area contributed by atoms with Crippen molar-refractivity contribution >= 4 is 41.7 Å². The average molecular weight is 477 g/mol. The Morgan fingerprint density at radius 2 is 2.00 bits per heavy atom. The van der Waals surface area contributed by atoms with Crippen LogP contribution in [-0.2, 0) is 0 Å². The number of aryl methyl sites for hydroxylation is 1. The number of halogens is 1. The highest BCUT2D eigenvalue weighted by molar-refractivity contribution is 14.0. The molecule has 1 aromatic rings. The first-order chi connectivity index (χ1) is 11.7. The van der Waals surface area contributed by atoms with Crippen LogP contribution in [0.4, 0.5) is 0 Å². The number of guanidine groups is 1. The molecule has 6 heteroatoms. The molecule has 0 aromatic heterocycles. The lowest BCUT2D eigenvalue weighted by Gasteiger charge is -2.17. The van der Waals surface area contributed by atoms with Crippen LogP contribution < -0.4 is 15.4 Å². The van der Waals surface area contributed by atoms with Gasteiger partial charge in [0.2, 0.25) is 0 Å². The summed E-state index contributed by atoms with van der Waals surface area (Å²) >= 11 is 1.98. The summed E-state index contributed by atoms with van der Waals surface area (Å²) in [4.78, 5) is 4.33. The summed E-state index contributed by atoms with van der Waals surface area (Å²) in [6, 6.07) is 8.79. The number of hydrogen-bond donors (Lipinski definition) is 2. The molecular weight excluding hydrogens is 445 g/mol. The van der Waals surface area contributed by atoms with E-state index < -0.39 is 0 Å². The SMILES string of the molecule is CN=C(NCCCCOc1ccc(C)cc1)NC1CCC(SC)C1.I. The third-order valence-electron chi connectivity index (χ3n) is 4.44. The van der Waals surface area contributed by atoms with Crippen LogP contribution in [0.5, 0.6) is 5.75 Å². The van der Waals surface area contributed by atoms with Crippen molar-refractivity contribution in [2.24, 2.45) is 4.99 Å². The first-order valence-electron chi connectivity index (χ1n) is 8.90. The minimum Gasteiger partial charge on any atom is -0.494 e. The zero-order chi connectivity index (χ0) is 17.2. The van der Waals surface area contributed by atoms with Crippen molar-refractivity contribution in [3.63, 3.8) is 0 Å². The summed E-state index contributed by atoms with van der Waals surface area (Å²) in [6.45, 7) is 3.77. The van der Waals surface area contributed by atoms with Gasteiger partial charge in [-0.05, 0) is 57.4 Å². The van der Waals surface area contributed by atoms with Gasteiger partial charge in [-0.1, -0.05) is 17.7 Å². The van der Waals surface area contributed by atoms with Crippen LogP contribution in [0.3, 0.4) is 0 Å². The molecule has 25 heavy (non-hydrogen) atoms. The summed E-state index contributed by atoms with van der Waals surface area (Å²) in [7, 11) is 1.84. The molecule has 0 saturated heterocycles. The second-order valence-corrected chi connectivity index (χ2v) is 7.52. The lowest BCUT2D eigenvalue weighted by Crippen LogP contribution is -2.42. The summed E-state index contributed by atoms with van der Waals surface area (Å²) in [5, 5.41) is 7.76. The van der Waals surface area contributed by atoms with Gasteiger partial charge >= 0.3 is 0 Å². The van der Waals surface area contributed by atoms with Crippen LogP contribution in [0.15, 0.2) is 29.3 Å². The second kappa shape index (κ2) is 12.7. The third kappa shape index (κ3) is 8.53. The molecule has 2 rings (SSSR count). The zero-order valence-electron chi connectivity index (χ0n) is 15.6. The number of ether oxygens (including phenoxy) is 1. The number of rotatable bonds is 8. The van der Waals surface area contributed by atoms with E-state index >= 15 is 0 Å². The molecule has 0 heterocycles. The fourth-order valence-corrected chi connectivity index (χ4v) is 3.73. The van der Waals surface area contributed by atoms with Gasteiger partial charge in [-0.15, -0.1) is 24.0 Å². The van der Waals surface area contributed by atoms with E-state index in [1.165, 1.54) is 24.8 Å². The zero-order valence-corrected chi connectivity index (χ0v) is 18.7. The lowest BCUT2D eigenvalue weighted by molar-refractivity contribution is 0.307. The van der Waals surface area contributed by atoms with Crippen molar-refractivity contribution in [1.29, 1.82) is 0 Å². The Morgan fingerprint density at radius 1 is 1.24 bits per heavy atom. The van der Waals surface area contributed by atoms with E-state index in [4.69, 9.17) is 4.74 Å². The van der Waals surface area contributed by atoms with Crippen LogP contribution in [0.25, 0.3) is 0 Å². The summed E-state index contributed by atoms with van der Waals surface area (Å²) in [5.41, 5.74) is 1.26. The summed E-state index contributed by atoms with van der Waals surface area (Å²) < 4.78 is 5.75. The third-order valence-corrected chi connectivity index (χ3v) is 5.53. The Kier molecular flexibility index (Phi) is 11.4. The molecule has 1 aliphatic rings. The molecular formula is C19H32IN3OS. The lowest BCUT2D eigenvalue weighted by atomic mass is 10.2. The van der Waals surface area contributed by atoms with Crippen molar-refractivity contribution < 1.29 is 4.74 Å². The molecule has 1 fully saturated rings. The van der Waals surface area contributed by atoms with Crippen molar-refractivity contribution in [3.8, 4) is 5.75 Å². The van der Waals surface area contributed by atoms with E-state index in [-0.39, 0.29) is 24.0 Å². The van der Waals surface area contributed by atoms with Crippen molar-refractivity contribution in [1.82, 2.24) is 10.6 Å². The van der Waals surface area contributed by atoms with Gasteiger partial charge in [0.1, 0.15) is 5.75 Å². The Hall–Kier alpha value is -0.630. The van der Waals surface area contributed by atoms with E-state index in [1.807, 2.05) is 30.9 Å². The van der Waals surface area contributed by atoms with Gasteiger partial charge in [0.15, 0.2) is 5.96 Å². The topological polar surface area (TPSA) is 45.7 Å². The normalized spacial score (nSPS) is 20.0. The predicted octanol–water partition coefficient (Wildman–Crippen LogP) is 4.22. The van der Waals surface area contributed by atoms with Crippen LogP contribution in [0, 0.1) is 6.92 Å². The highest BCUT2D eigenvalue weighted by Crippen LogP contribution is 2.27. The van der Waals surface area contributed by atoms with E-state index in [1.54, 1.807) is 0 Å². The maximum absolute atomic E-state index is 5.75. The maximum atomic E-state index is 5.75. The molecule has 4 nitrogen and oxygen atoms in total. The number of benzene rings is 1. The van der Waals surface area contributed by atoms with Gasteiger partial charge in [0, 0.05) is 24.9 Å². The highest BCUT2D eigenvalue weighted by Gasteiger charge is 2.24. The number of thioether (sulfide) groups is 1. The van der Waals surface area contributed by atoms with E-state index in [0.29, 0.717) is 6.04 Å². The van der Waals surface area contributed by atoms with Gasteiger partial charge in [-0.2, -0.15) is 11.8 Å². The Bertz CT molecular complexity index is 510. The molecule has 0 aliphatic heterocycles. The number of hydrogen-bond acceptors (Lipinski definition) is 3. The van der Waals surface area contributed by atoms with E-state index in [0.717, 1.165) is 43.0 Å². The molecule has 1 aliphatic carbocycles. The molecule has 0 bridgehead atoms. The maximum Gasteiger partial charge on any atom is 0.191 e. The highest BCUT2D eigenvalue weighted by atomic mass is 127. The molecule has 1 aromatic carbocycles.